The largest absolute Gasteiger partial charge is 0.358 e. The molecule has 1 heterocycles. The molecule has 1 aliphatic rings. The number of nitrogens with one attached hydrogen (secondary N) is 1. The Kier molecular flexibility index (Phi) is 2.08. The summed E-state index contributed by atoms with van der Waals surface area (Å²) < 4.78 is 0. The highest BCUT2D eigenvalue weighted by Crippen LogP contribution is 2.36. The van der Waals surface area contributed by atoms with Crippen LogP contribution in [0.1, 0.15) is 30.1 Å². The summed E-state index contributed by atoms with van der Waals surface area (Å²) in [4.78, 5) is 6.32. The van der Waals surface area contributed by atoms with E-state index < -0.39 is 0 Å². The first kappa shape index (κ1) is 9.31. The molecule has 0 saturated carbocycles. The molecule has 2 aromatic rings. The molecule has 1 aliphatic carbocycles. The van der Waals surface area contributed by atoms with E-state index in [4.69, 9.17) is 5.53 Å². The van der Waals surface area contributed by atoms with Crippen LogP contribution in [-0.2, 0) is 6.42 Å². The van der Waals surface area contributed by atoms with Gasteiger partial charge in [0.2, 0.25) is 0 Å². The first-order valence-corrected chi connectivity index (χ1v) is 5.54. The van der Waals surface area contributed by atoms with Crippen molar-refractivity contribution in [1.82, 2.24) is 4.98 Å². The summed E-state index contributed by atoms with van der Waals surface area (Å²) in [5, 5.41) is 5.14. The van der Waals surface area contributed by atoms with Crippen molar-refractivity contribution in [2.24, 2.45) is 5.11 Å². The molecule has 3 rings (SSSR count). The molecule has 1 unspecified atom stereocenters. The number of H-pyrrole nitrogens is 1. The van der Waals surface area contributed by atoms with Gasteiger partial charge in [-0.2, -0.15) is 0 Å². The highest BCUT2D eigenvalue weighted by atomic mass is 15.2. The summed E-state index contributed by atoms with van der Waals surface area (Å²) in [5.74, 6) is 0. The number of rotatable bonds is 1. The van der Waals surface area contributed by atoms with Crippen LogP contribution < -0.4 is 0 Å². The Morgan fingerprint density at radius 3 is 3.12 bits per heavy atom. The van der Waals surface area contributed by atoms with E-state index in [0.717, 1.165) is 30.5 Å². The Morgan fingerprint density at radius 1 is 1.38 bits per heavy atom. The predicted molar refractivity (Wildman–Crippen MR) is 63.1 cm³/mol. The summed E-state index contributed by atoms with van der Waals surface area (Å²) in [5.41, 5.74) is 12.2. The number of aromatic nitrogens is 1. The number of aromatic amines is 1. The summed E-state index contributed by atoms with van der Waals surface area (Å²) in [7, 11) is 0. The van der Waals surface area contributed by atoms with Gasteiger partial charge in [-0.3, -0.25) is 0 Å². The van der Waals surface area contributed by atoms with E-state index in [1.165, 1.54) is 10.9 Å². The molecule has 0 bridgehead atoms. The topological polar surface area (TPSA) is 64.6 Å². The minimum Gasteiger partial charge on any atom is -0.358 e. The van der Waals surface area contributed by atoms with Crippen molar-refractivity contribution < 1.29 is 0 Å². The third-order valence-electron chi connectivity index (χ3n) is 3.28. The van der Waals surface area contributed by atoms with E-state index in [9.17, 15) is 0 Å². The highest BCUT2D eigenvalue weighted by molar-refractivity contribution is 5.85. The maximum atomic E-state index is 8.56. The van der Waals surface area contributed by atoms with Gasteiger partial charge >= 0.3 is 0 Å². The van der Waals surface area contributed by atoms with Gasteiger partial charge in [0.25, 0.3) is 0 Å². The van der Waals surface area contributed by atoms with Crippen molar-refractivity contribution >= 4 is 10.9 Å². The maximum Gasteiger partial charge on any atom is 0.0778 e. The molecule has 80 valence electrons. The zero-order valence-electron chi connectivity index (χ0n) is 8.85. The molecule has 0 amide bonds. The number of fused-ring (bicyclic) bond motifs is 3. The van der Waals surface area contributed by atoms with Crippen molar-refractivity contribution in [2.75, 3.05) is 0 Å². The van der Waals surface area contributed by atoms with E-state index in [0.29, 0.717) is 0 Å². The Morgan fingerprint density at radius 2 is 2.25 bits per heavy atom. The van der Waals surface area contributed by atoms with Gasteiger partial charge in [0, 0.05) is 21.5 Å². The standard InChI is InChI=1S/C12H12N4/c13-16-15-11-7-3-5-9-8-4-1-2-6-10(8)14-12(9)11/h1-2,4,6,11,14H,3,5,7H2. The molecule has 0 saturated heterocycles. The number of aryl methyl sites for hydroxylation is 1. The third-order valence-corrected chi connectivity index (χ3v) is 3.28. The van der Waals surface area contributed by atoms with Crippen LogP contribution in [0.3, 0.4) is 0 Å². The molecule has 1 atom stereocenters. The fourth-order valence-corrected chi connectivity index (χ4v) is 2.57. The van der Waals surface area contributed by atoms with Crippen LogP contribution in [0.25, 0.3) is 21.3 Å². The minimum absolute atomic E-state index is 0.0128. The average molecular weight is 212 g/mol. The van der Waals surface area contributed by atoms with Crippen LogP contribution >= 0.6 is 0 Å². The van der Waals surface area contributed by atoms with E-state index >= 15 is 0 Å². The van der Waals surface area contributed by atoms with Crippen LogP contribution in [0.5, 0.6) is 0 Å². The molecule has 1 aromatic carbocycles. The second-order valence-electron chi connectivity index (χ2n) is 4.18. The zero-order chi connectivity index (χ0) is 11.0. The molecule has 1 aromatic heterocycles. The second kappa shape index (κ2) is 3.58. The van der Waals surface area contributed by atoms with Crippen LogP contribution in [0.4, 0.5) is 0 Å². The molecule has 0 spiro atoms. The van der Waals surface area contributed by atoms with Crippen molar-refractivity contribution in [1.29, 1.82) is 0 Å². The van der Waals surface area contributed by atoms with Gasteiger partial charge in [-0.15, -0.1) is 0 Å². The van der Waals surface area contributed by atoms with Gasteiger partial charge in [-0.25, -0.2) is 0 Å². The number of nitrogens with zero attached hydrogens (tertiary/aromatic N) is 3. The van der Waals surface area contributed by atoms with Crippen molar-refractivity contribution in [3.63, 3.8) is 0 Å². The smallest absolute Gasteiger partial charge is 0.0778 e. The Labute approximate surface area is 92.9 Å². The number of para-hydroxylation sites is 1. The van der Waals surface area contributed by atoms with E-state index in [1.54, 1.807) is 0 Å². The van der Waals surface area contributed by atoms with Crippen LogP contribution in [0.2, 0.25) is 0 Å². The maximum absolute atomic E-state index is 8.56. The molecule has 0 fully saturated rings. The summed E-state index contributed by atoms with van der Waals surface area (Å²) >= 11 is 0. The van der Waals surface area contributed by atoms with Gasteiger partial charge in [0.05, 0.1) is 6.04 Å². The SMILES string of the molecule is [N-]=[N+]=NC1CCCc2c1[nH]c1ccccc21. The molecule has 16 heavy (non-hydrogen) atoms. The normalized spacial score (nSPS) is 19.1. The molecule has 0 aliphatic heterocycles. The fourth-order valence-electron chi connectivity index (χ4n) is 2.57. The number of hydrogen-bond donors (Lipinski definition) is 1. The van der Waals surface area contributed by atoms with E-state index in [2.05, 4.69) is 27.1 Å². The molecule has 0 radical (unpaired) electrons. The number of azide groups is 1. The summed E-state index contributed by atoms with van der Waals surface area (Å²) in [6, 6.07) is 8.26. The average Bonchev–Trinajstić information content (AvgIpc) is 2.69. The van der Waals surface area contributed by atoms with Gasteiger partial charge in [-0.1, -0.05) is 23.3 Å². The van der Waals surface area contributed by atoms with Gasteiger partial charge in [0.1, 0.15) is 0 Å². The lowest BCUT2D eigenvalue weighted by molar-refractivity contribution is 0.560. The third kappa shape index (κ3) is 1.27. The first-order valence-electron chi connectivity index (χ1n) is 5.54. The minimum atomic E-state index is -0.0128. The lowest BCUT2D eigenvalue weighted by Gasteiger charge is -2.17. The predicted octanol–water partition coefficient (Wildman–Crippen LogP) is 3.86. The monoisotopic (exact) mass is 212 g/mol. The first-order chi connectivity index (χ1) is 7.90. The second-order valence-corrected chi connectivity index (χ2v) is 4.18. The Hall–Kier alpha value is -1.93. The molecular weight excluding hydrogens is 200 g/mol. The van der Waals surface area contributed by atoms with Gasteiger partial charge in [-0.05, 0) is 36.4 Å². The Balaban J connectivity index is 2.24. The van der Waals surface area contributed by atoms with Crippen molar-refractivity contribution in [3.8, 4) is 0 Å². The molecule has 1 N–H and O–H groups in total. The fraction of sp³-hybridized carbons (Fsp3) is 0.333. The van der Waals surface area contributed by atoms with E-state index in [-0.39, 0.29) is 6.04 Å². The quantitative estimate of drug-likeness (QED) is 0.424. The summed E-state index contributed by atoms with van der Waals surface area (Å²) in [6.07, 6.45) is 3.12. The lowest BCUT2D eigenvalue weighted by Crippen LogP contribution is -2.06. The van der Waals surface area contributed by atoms with Gasteiger partial charge < -0.3 is 4.98 Å². The molecule has 4 heteroatoms. The lowest BCUT2D eigenvalue weighted by atomic mass is 9.92. The van der Waals surface area contributed by atoms with Crippen LogP contribution in [0.15, 0.2) is 29.4 Å². The zero-order valence-corrected chi connectivity index (χ0v) is 8.85. The Bertz CT molecular complexity index is 578. The molecule has 4 nitrogen and oxygen atoms in total. The van der Waals surface area contributed by atoms with Crippen molar-refractivity contribution in [2.45, 2.75) is 25.3 Å². The molecular formula is C12H12N4. The number of hydrogen-bond acceptors (Lipinski definition) is 1. The van der Waals surface area contributed by atoms with E-state index in [1.807, 2.05) is 12.1 Å². The number of benzene rings is 1. The van der Waals surface area contributed by atoms with Gasteiger partial charge in [0.15, 0.2) is 0 Å². The summed E-state index contributed by atoms with van der Waals surface area (Å²) in [6.45, 7) is 0. The van der Waals surface area contributed by atoms with Crippen LogP contribution in [-0.4, -0.2) is 4.98 Å². The van der Waals surface area contributed by atoms with Crippen molar-refractivity contribution in [3.05, 3.63) is 46.0 Å². The highest BCUT2D eigenvalue weighted by Gasteiger charge is 2.22. The van der Waals surface area contributed by atoms with Crippen LogP contribution in [0, 0.1) is 0 Å².